The van der Waals surface area contributed by atoms with Crippen molar-refractivity contribution >= 4 is 22.7 Å². The van der Waals surface area contributed by atoms with E-state index in [9.17, 15) is 4.39 Å². The second kappa shape index (κ2) is 6.75. The molecule has 4 rings (SSSR count). The van der Waals surface area contributed by atoms with E-state index < -0.39 is 5.82 Å². The molecular formula is C20H19FN6. The van der Waals surface area contributed by atoms with Crippen LogP contribution in [0.3, 0.4) is 0 Å². The van der Waals surface area contributed by atoms with Crippen LogP contribution in [0.2, 0.25) is 0 Å². The molecule has 3 heterocycles. The minimum Gasteiger partial charge on any atom is -0.309 e. The van der Waals surface area contributed by atoms with Crippen molar-refractivity contribution in [3.05, 3.63) is 60.3 Å². The summed E-state index contributed by atoms with van der Waals surface area (Å²) in [4.78, 5) is 12.6. The maximum Gasteiger partial charge on any atom is 0.229 e. The number of rotatable bonds is 4. The molecule has 0 saturated carbocycles. The molecule has 0 fully saturated rings. The Hall–Kier alpha value is -3.35. The molecule has 0 aliphatic rings. The third-order valence-electron chi connectivity index (χ3n) is 4.35. The Morgan fingerprint density at radius 2 is 1.96 bits per heavy atom. The molecule has 0 radical (unpaired) electrons. The monoisotopic (exact) mass is 362 g/mol. The van der Waals surface area contributed by atoms with Crippen molar-refractivity contribution in [2.75, 3.05) is 5.32 Å². The van der Waals surface area contributed by atoms with Crippen LogP contribution in [-0.4, -0.2) is 24.7 Å². The fraction of sp³-hybridized carbons (Fsp3) is 0.200. The van der Waals surface area contributed by atoms with E-state index in [1.54, 1.807) is 12.3 Å². The molecule has 1 aromatic carbocycles. The van der Waals surface area contributed by atoms with E-state index >= 15 is 0 Å². The molecule has 1 N–H and O–H groups in total. The zero-order valence-electron chi connectivity index (χ0n) is 15.3. The van der Waals surface area contributed by atoms with Crippen LogP contribution in [0.15, 0.2) is 48.8 Å². The Balaban J connectivity index is 1.78. The SMILES string of the molecule is CC(C)c1c2cc(-c3nc(Nc4ccccn4)ncc3F)ccc2nn1C. The number of aromatic nitrogens is 5. The first-order valence-electron chi connectivity index (χ1n) is 8.70. The number of aryl methyl sites for hydroxylation is 1. The summed E-state index contributed by atoms with van der Waals surface area (Å²) in [6.07, 6.45) is 2.83. The largest absolute Gasteiger partial charge is 0.309 e. The lowest BCUT2D eigenvalue weighted by Gasteiger charge is -2.09. The van der Waals surface area contributed by atoms with E-state index in [4.69, 9.17) is 0 Å². The molecule has 136 valence electrons. The number of hydrogen-bond donors (Lipinski definition) is 1. The molecule has 0 aliphatic carbocycles. The average Bonchev–Trinajstić information content (AvgIpc) is 2.99. The van der Waals surface area contributed by atoms with Crippen molar-refractivity contribution in [2.45, 2.75) is 19.8 Å². The summed E-state index contributed by atoms with van der Waals surface area (Å²) in [7, 11) is 1.93. The van der Waals surface area contributed by atoms with Gasteiger partial charge >= 0.3 is 0 Å². The Labute approximate surface area is 156 Å². The zero-order chi connectivity index (χ0) is 19.0. The number of nitrogens with one attached hydrogen (secondary N) is 1. The molecule has 0 saturated heterocycles. The molecule has 0 atom stereocenters. The summed E-state index contributed by atoms with van der Waals surface area (Å²) in [6.45, 7) is 4.23. The number of hydrogen-bond acceptors (Lipinski definition) is 5. The van der Waals surface area contributed by atoms with Crippen molar-refractivity contribution < 1.29 is 4.39 Å². The molecule has 0 unspecified atom stereocenters. The Bertz CT molecular complexity index is 1100. The summed E-state index contributed by atoms with van der Waals surface area (Å²) in [5.41, 5.74) is 2.91. The predicted octanol–water partition coefficient (Wildman–Crippen LogP) is 4.43. The van der Waals surface area contributed by atoms with Gasteiger partial charge in [-0.15, -0.1) is 0 Å². The predicted molar refractivity (Wildman–Crippen MR) is 103 cm³/mol. The lowest BCUT2D eigenvalue weighted by molar-refractivity contribution is 0.619. The lowest BCUT2D eigenvalue weighted by atomic mass is 10.0. The maximum atomic E-state index is 14.5. The Kier molecular flexibility index (Phi) is 4.27. The average molecular weight is 362 g/mol. The van der Waals surface area contributed by atoms with Crippen LogP contribution in [-0.2, 0) is 7.05 Å². The minimum absolute atomic E-state index is 0.240. The number of anilines is 2. The summed E-state index contributed by atoms with van der Waals surface area (Å²) < 4.78 is 16.3. The highest BCUT2D eigenvalue weighted by Gasteiger charge is 2.16. The van der Waals surface area contributed by atoms with Gasteiger partial charge in [-0.1, -0.05) is 26.0 Å². The second-order valence-electron chi connectivity index (χ2n) is 6.63. The van der Waals surface area contributed by atoms with Crippen molar-refractivity contribution in [2.24, 2.45) is 7.05 Å². The molecule has 0 spiro atoms. The quantitative estimate of drug-likeness (QED) is 0.582. The van der Waals surface area contributed by atoms with E-state index in [2.05, 4.69) is 39.2 Å². The van der Waals surface area contributed by atoms with Crippen molar-refractivity contribution in [1.29, 1.82) is 0 Å². The normalized spacial score (nSPS) is 11.3. The Morgan fingerprint density at radius 3 is 2.70 bits per heavy atom. The number of nitrogens with zero attached hydrogens (tertiary/aromatic N) is 5. The minimum atomic E-state index is -0.476. The second-order valence-corrected chi connectivity index (χ2v) is 6.63. The molecule has 7 heteroatoms. The van der Waals surface area contributed by atoms with Crippen molar-refractivity contribution in [3.8, 4) is 11.3 Å². The van der Waals surface area contributed by atoms with E-state index in [1.807, 2.05) is 42.1 Å². The highest BCUT2D eigenvalue weighted by atomic mass is 19.1. The number of fused-ring (bicyclic) bond motifs is 1. The van der Waals surface area contributed by atoms with E-state index in [0.29, 0.717) is 23.2 Å². The summed E-state index contributed by atoms with van der Waals surface area (Å²) in [5, 5.41) is 8.53. The third kappa shape index (κ3) is 3.23. The fourth-order valence-corrected chi connectivity index (χ4v) is 3.23. The number of pyridine rings is 1. The van der Waals surface area contributed by atoms with Gasteiger partial charge in [0.1, 0.15) is 11.5 Å². The lowest BCUT2D eigenvalue weighted by Crippen LogP contribution is -2.01. The van der Waals surface area contributed by atoms with Crippen LogP contribution in [0.5, 0.6) is 0 Å². The maximum absolute atomic E-state index is 14.5. The molecule has 0 bridgehead atoms. The van der Waals surface area contributed by atoms with Crippen LogP contribution in [0.25, 0.3) is 22.2 Å². The van der Waals surface area contributed by atoms with Crippen LogP contribution >= 0.6 is 0 Å². The van der Waals surface area contributed by atoms with Crippen LogP contribution in [0.1, 0.15) is 25.5 Å². The first-order valence-corrected chi connectivity index (χ1v) is 8.70. The van der Waals surface area contributed by atoms with Crippen LogP contribution < -0.4 is 5.32 Å². The van der Waals surface area contributed by atoms with Crippen LogP contribution in [0, 0.1) is 5.82 Å². The summed E-state index contributed by atoms with van der Waals surface area (Å²) in [6, 6.07) is 11.1. The van der Waals surface area contributed by atoms with E-state index in [0.717, 1.165) is 16.6 Å². The highest BCUT2D eigenvalue weighted by molar-refractivity contribution is 5.86. The van der Waals surface area contributed by atoms with E-state index in [1.165, 1.54) is 6.20 Å². The molecule has 6 nitrogen and oxygen atoms in total. The van der Waals surface area contributed by atoms with Gasteiger partial charge in [0.05, 0.1) is 11.7 Å². The smallest absolute Gasteiger partial charge is 0.229 e. The first-order chi connectivity index (χ1) is 13.0. The topological polar surface area (TPSA) is 68.5 Å². The van der Waals surface area contributed by atoms with Gasteiger partial charge in [0.2, 0.25) is 5.95 Å². The fourth-order valence-electron chi connectivity index (χ4n) is 3.23. The van der Waals surface area contributed by atoms with Gasteiger partial charge in [0.15, 0.2) is 5.82 Å². The van der Waals surface area contributed by atoms with Crippen molar-refractivity contribution in [3.63, 3.8) is 0 Å². The van der Waals surface area contributed by atoms with Crippen molar-refractivity contribution in [1.82, 2.24) is 24.7 Å². The van der Waals surface area contributed by atoms with Gasteiger partial charge in [0.25, 0.3) is 0 Å². The summed E-state index contributed by atoms with van der Waals surface area (Å²) in [5.74, 6) is 0.711. The number of benzene rings is 1. The van der Waals surface area contributed by atoms with Gasteiger partial charge in [-0.2, -0.15) is 5.10 Å². The zero-order valence-corrected chi connectivity index (χ0v) is 15.3. The Morgan fingerprint density at radius 1 is 1.11 bits per heavy atom. The van der Waals surface area contributed by atoms with Gasteiger partial charge in [-0.25, -0.2) is 19.3 Å². The van der Waals surface area contributed by atoms with Gasteiger partial charge < -0.3 is 5.32 Å². The third-order valence-corrected chi connectivity index (χ3v) is 4.35. The highest BCUT2D eigenvalue weighted by Crippen LogP contribution is 2.30. The molecule has 3 aromatic heterocycles. The standard InChI is InChI=1S/C20H19FN6/c1-12(2)19-14-10-13(7-8-16(14)26-27(19)3)18-15(21)11-23-20(25-18)24-17-6-4-5-9-22-17/h4-12H,1-3H3,(H,22,23,24,25). The molecular weight excluding hydrogens is 343 g/mol. The van der Waals surface area contributed by atoms with Crippen LogP contribution in [0.4, 0.5) is 16.2 Å². The summed E-state index contributed by atoms with van der Waals surface area (Å²) >= 11 is 0. The van der Waals surface area contributed by atoms with E-state index in [-0.39, 0.29) is 5.69 Å². The molecule has 0 aliphatic heterocycles. The first kappa shape index (κ1) is 17.1. The molecule has 0 amide bonds. The molecule has 4 aromatic rings. The molecule has 27 heavy (non-hydrogen) atoms. The van der Waals surface area contributed by atoms with Gasteiger partial charge in [-0.3, -0.25) is 4.68 Å². The van der Waals surface area contributed by atoms with Gasteiger partial charge in [-0.05, 0) is 30.2 Å². The number of halogens is 1. The van der Waals surface area contributed by atoms with Gasteiger partial charge in [0, 0.05) is 29.9 Å².